The molecule has 0 fully saturated rings. The fourth-order valence-corrected chi connectivity index (χ4v) is 2.49. The fraction of sp³-hybridized carbons (Fsp3) is 0.429. The zero-order chi connectivity index (χ0) is 12.4. The Hall–Kier alpha value is -0.800. The molecule has 0 saturated carbocycles. The van der Waals surface area contributed by atoms with Crippen LogP contribution in [0.3, 0.4) is 0 Å². The molecule has 0 spiro atoms. The molecule has 0 bridgehead atoms. The SMILES string of the molecule is CCCCn1cc(C(C)O)c2ccc(Br)cc21. The van der Waals surface area contributed by atoms with Crippen LogP contribution in [0.25, 0.3) is 10.9 Å². The molecule has 1 atom stereocenters. The van der Waals surface area contributed by atoms with Gasteiger partial charge in [-0.15, -0.1) is 0 Å². The van der Waals surface area contributed by atoms with Crippen molar-refractivity contribution < 1.29 is 5.11 Å². The number of unbranched alkanes of at least 4 members (excludes halogenated alkanes) is 1. The minimum atomic E-state index is -0.415. The van der Waals surface area contributed by atoms with Crippen molar-refractivity contribution >= 4 is 26.8 Å². The number of hydrogen-bond acceptors (Lipinski definition) is 1. The Morgan fingerprint density at radius 2 is 2.18 bits per heavy atom. The van der Waals surface area contributed by atoms with Crippen molar-refractivity contribution in [1.29, 1.82) is 0 Å². The quantitative estimate of drug-likeness (QED) is 0.896. The number of benzene rings is 1. The van der Waals surface area contributed by atoms with Crippen LogP contribution in [0.2, 0.25) is 0 Å². The van der Waals surface area contributed by atoms with Crippen LogP contribution >= 0.6 is 15.9 Å². The predicted octanol–water partition coefficient (Wildman–Crippen LogP) is 4.26. The zero-order valence-electron chi connectivity index (χ0n) is 10.3. The summed E-state index contributed by atoms with van der Waals surface area (Å²) in [5.74, 6) is 0. The van der Waals surface area contributed by atoms with E-state index in [1.807, 2.05) is 13.0 Å². The summed E-state index contributed by atoms with van der Waals surface area (Å²) < 4.78 is 3.32. The maximum absolute atomic E-state index is 9.80. The Balaban J connectivity index is 2.54. The van der Waals surface area contributed by atoms with Gasteiger partial charge in [-0.3, -0.25) is 0 Å². The molecule has 1 aromatic heterocycles. The molecule has 1 unspecified atom stereocenters. The van der Waals surface area contributed by atoms with E-state index < -0.39 is 6.10 Å². The number of hydrogen-bond donors (Lipinski definition) is 1. The molecule has 0 aliphatic carbocycles. The van der Waals surface area contributed by atoms with Gasteiger partial charge in [-0.05, 0) is 25.5 Å². The molecule has 17 heavy (non-hydrogen) atoms. The van der Waals surface area contributed by atoms with Crippen LogP contribution in [0.4, 0.5) is 0 Å². The van der Waals surface area contributed by atoms with Crippen molar-refractivity contribution in [2.45, 2.75) is 39.3 Å². The number of rotatable bonds is 4. The van der Waals surface area contributed by atoms with Gasteiger partial charge < -0.3 is 9.67 Å². The first kappa shape index (κ1) is 12.7. The second-order valence-corrected chi connectivity index (χ2v) is 5.38. The normalized spacial score (nSPS) is 13.2. The average Bonchev–Trinajstić information content (AvgIpc) is 2.64. The van der Waals surface area contributed by atoms with Crippen LogP contribution in [-0.2, 0) is 6.54 Å². The molecule has 92 valence electrons. The van der Waals surface area contributed by atoms with E-state index in [1.165, 1.54) is 11.9 Å². The first-order valence-electron chi connectivity index (χ1n) is 6.10. The lowest BCUT2D eigenvalue weighted by Crippen LogP contribution is -1.95. The molecule has 0 radical (unpaired) electrons. The van der Waals surface area contributed by atoms with Crippen molar-refractivity contribution in [1.82, 2.24) is 4.57 Å². The van der Waals surface area contributed by atoms with E-state index >= 15 is 0 Å². The van der Waals surface area contributed by atoms with E-state index in [1.54, 1.807) is 0 Å². The van der Waals surface area contributed by atoms with Gasteiger partial charge in [-0.25, -0.2) is 0 Å². The Labute approximate surface area is 110 Å². The molecular formula is C14H18BrNO. The highest BCUT2D eigenvalue weighted by Gasteiger charge is 2.12. The summed E-state index contributed by atoms with van der Waals surface area (Å²) in [5, 5.41) is 11.0. The number of aromatic nitrogens is 1. The number of nitrogens with zero attached hydrogens (tertiary/aromatic N) is 1. The van der Waals surface area contributed by atoms with Crippen LogP contribution in [0, 0.1) is 0 Å². The lowest BCUT2D eigenvalue weighted by atomic mass is 10.1. The van der Waals surface area contributed by atoms with Crippen LogP contribution in [0.1, 0.15) is 38.4 Å². The first-order chi connectivity index (χ1) is 8.13. The molecule has 0 aliphatic heterocycles. The zero-order valence-corrected chi connectivity index (χ0v) is 11.9. The van der Waals surface area contributed by atoms with E-state index in [0.29, 0.717) is 0 Å². The van der Waals surface area contributed by atoms with Gasteiger partial charge in [0.05, 0.1) is 6.10 Å². The lowest BCUT2D eigenvalue weighted by Gasteiger charge is -2.03. The van der Waals surface area contributed by atoms with Gasteiger partial charge in [0.15, 0.2) is 0 Å². The second kappa shape index (κ2) is 5.23. The van der Waals surface area contributed by atoms with Gasteiger partial charge in [0.2, 0.25) is 0 Å². The fourth-order valence-electron chi connectivity index (χ4n) is 2.14. The van der Waals surface area contributed by atoms with E-state index in [4.69, 9.17) is 0 Å². The predicted molar refractivity (Wildman–Crippen MR) is 75.2 cm³/mol. The van der Waals surface area contributed by atoms with Crippen molar-refractivity contribution in [2.24, 2.45) is 0 Å². The maximum Gasteiger partial charge on any atom is 0.0782 e. The molecule has 0 amide bonds. The van der Waals surface area contributed by atoms with E-state index in [0.717, 1.165) is 28.4 Å². The molecule has 1 aromatic carbocycles. The van der Waals surface area contributed by atoms with Gasteiger partial charge in [0.25, 0.3) is 0 Å². The summed E-state index contributed by atoms with van der Waals surface area (Å²) in [6.07, 6.45) is 4.01. The molecule has 0 aliphatic rings. The molecule has 1 heterocycles. The van der Waals surface area contributed by atoms with Crippen molar-refractivity contribution in [3.8, 4) is 0 Å². The largest absolute Gasteiger partial charge is 0.389 e. The van der Waals surface area contributed by atoms with E-state index in [2.05, 4.69) is 45.8 Å². The summed E-state index contributed by atoms with van der Waals surface area (Å²) >= 11 is 3.51. The summed E-state index contributed by atoms with van der Waals surface area (Å²) in [5.41, 5.74) is 2.22. The van der Waals surface area contributed by atoms with E-state index in [9.17, 15) is 5.11 Å². The maximum atomic E-state index is 9.80. The van der Waals surface area contributed by atoms with Crippen LogP contribution in [0.15, 0.2) is 28.9 Å². The Morgan fingerprint density at radius 1 is 1.41 bits per heavy atom. The molecule has 2 aromatic rings. The highest BCUT2D eigenvalue weighted by molar-refractivity contribution is 9.10. The highest BCUT2D eigenvalue weighted by atomic mass is 79.9. The van der Waals surface area contributed by atoms with Gasteiger partial charge in [0, 0.05) is 33.7 Å². The number of halogens is 1. The Bertz CT molecular complexity index is 516. The summed E-state index contributed by atoms with van der Waals surface area (Å²) in [7, 11) is 0. The van der Waals surface area contributed by atoms with Gasteiger partial charge in [-0.1, -0.05) is 35.3 Å². The van der Waals surface area contributed by atoms with Crippen molar-refractivity contribution in [2.75, 3.05) is 0 Å². The van der Waals surface area contributed by atoms with E-state index in [-0.39, 0.29) is 0 Å². The molecule has 2 rings (SSSR count). The highest BCUT2D eigenvalue weighted by Crippen LogP contribution is 2.29. The Kier molecular flexibility index (Phi) is 3.89. The third-order valence-electron chi connectivity index (χ3n) is 3.08. The first-order valence-corrected chi connectivity index (χ1v) is 6.89. The monoisotopic (exact) mass is 295 g/mol. The minimum Gasteiger partial charge on any atom is -0.389 e. The summed E-state index contributed by atoms with van der Waals surface area (Å²) in [6, 6.07) is 6.22. The smallest absolute Gasteiger partial charge is 0.0782 e. The van der Waals surface area contributed by atoms with Crippen molar-refractivity contribution in [3.63, 3.8) is 0 Å². The number of aliphatic hydroxyl groups excluding tert-OH is 1. The van der Waals surface area contributed by atoms with Gasteiger partial charge >= 0.3 is 0 Å². The minimum absolute atomic E-state index is 0.415. The number of aryl methyl sites for hydroxylation is 1. The molecule has 3 heteroatoms. The van der Waals surface area contributed by atoms with Crippen LogP contribution in [0.5, 0.6) is 0 Å². The van der Waals surface area contributed by atoms with Crippen LogP contribution in [-0.4, -0.2) is 9.67 Å². The lowest BCUT2D eigenvalue weighted by molar-refractivity contribution is 0.200. The molecular weight excluding hydrogens is 278 g/mol. The number of aliphatic hydroxyl groups is 1. The topological polar surface area (TPSA) is 25.2 Å². The summed E-state index contributed by atoms with van der Waals surface area (Å²) in [6.45, 7) is 5.02. The second-order valence-electron chi connectivity index (χ2n) is 4.47. The average molecular weight is 296 g/mol. The van der Waals surface area contributed by atoms with Crippen LogP contribution < -0.4 is 0 Å². The van der Waals surface area contributed by atoms with Gasteiger partial charge in [0.1, 0.15) is 0 Å². The molecule has 0 saturated heterocycles. The van der Waals surface area contributed by atoms with Crippen molar-refractivity contribution in [3.05, 3.63) is 34.4 Å². The Morgan fingerprint density at radius 3 is 2.82 bits per heavy atom. The van der Waals surface area contributed by atoms with Gasteiger partial charge in [-0.2, -0.15) is 0 Å². The molecule has 1 N–H and O–H groups in total. The summed E-state index contributed by atoms with van der Waals surface area (Å²) in [4.78, 5) is 0. The standard InChI is InChI=1S/C14H18BrNO/c1-3-4-7-16-9-13(10(2)17)12-6-5-11(15)8-14(12)16/h5-6,8-10,17H,3-4,7H2,1-2H3. The number of fused-ring (bicyclic) bond motifs is 1. The third-order valence-corrected chi connectivity index (χ3v) is 3.57. The third kappa shape index (κ3) is 2.55. The molecule has 2 nitrogen and oxygen atoms in total.